The van der Waals surface area contributed by atoms with E-state index in [2.05, 4.69) is 19.2 Å². The van der Waals surface area contributed by atoms with Crippen molar-refractivity contribution in [1.82, 2.24) is 5.32 Å². The van der Waals surface area contributed by atoms with Gasteiger partial charge in [-0.25, -0.2) is 0 Å². The van der Waals surface area contributed by atoms with Crippen LogP contribution in [0.1, 0.15) is 213 Å². The second-order valence-corrected chi connectivity index (χ2v) is 15.6. The fourth-order valence-electron chi connectivity index (χ4n) is 6.34. The summed E-state index contributed by atoms with van der Waals surface area (Å²) >= 11 is 0. The molecular formula is C38H77NO6S. The molecule has 0 saturated carbocycles. The summed E-state index contributed by atoms with van der Waals surface area (Å²) < 4.78 is 32.5. The summed E-state index contributed by atoms with van der Waals surface area (Å²) in [6.07, 6.45) is 34.2. The van der Waals surface area contributed by atoms with Crippen LogP contribution in [-0.4, -0.2) is 53.1 Å². The summed E-state index contributed by atoms with van der Waals surface area (Å²) in [7, 11) is -4.40. The number of rotatable bonds is 36. The lowest BCUT2D eigenvalue weighted by molar-refractivity contribution is -0.131. The lowest BCUT2D eigenvalue weighted by Crippen LogP contribution is -2.50. The third-order valence-electron chi connectivity index (χ3n) is 9.42. The van der Waals surface area contributed by atoms with Crippen LogP contribution in [0.4, 0.5) is 0 Å². The second kappa shape index (κ2) is 32.8. The summed E-state index contributed by atoms with van der Waals surface area (Å²) in [5.41, 5.74) is 0. The Balaban J connectivity index is 3.89. The predicted molar refractivity (Wildman–Crippen MR) is 195 cm³/mol. The van der Waals surface area contributed by atoms with Crippen LogP contribution in [0.3, 0.4) is 0 Å². The quantitative estimate of drug-likeness (QED) is 0.0387. The van der Waals surface area contributed by atoms with Crippen LogP contribution >= 0.6 is 0 Å². The largest absolute Gasteiger partial charge is 0.391 e. The summed E-state index contributed by atoms with van der Waals surface area (Å²) in [5.74, 6) is -1.44. The zero-order valence-electron chi connectivity index (χ0n) is 30.3. The van der Waals surface area contributed by atoms with Crippen LogP contribution < -0.4 is 5.32 Å². The maximum Gasteiger partial charge on any atom is 0.266 e. The molecule has 0 aromatic heterocycles. The molecule has 3 unspecified atom stereocenters. The number of hydrogen-bond donors (Lipinski definition) is 4. The maximum absolute atomic E-state index is 12.5. The molecule has 7 nitrogen and oxygen atoms in total. The van der Waals surface area contributed by atoms with E-state index in [9.17, 15) is 28.0 Å². The van der Waals surface area contributed by atoms with Gasteiger partial charge in [0, 0.05) is 0 Å². The monoisotopic (exact) mass is 676 g/mol. The van der Waals surface area contributed by atoms with Gasteiger partial charge in [-0.3, -0.25) is 9.35 Å². The van der Waals surface area contributed by atoms with Gasteiger partial charge < -0.3 is 15.5 Å². The highest BCUT2D eigenvalue weighted by Gasteiger charge is 2.28. The SMILES string of the molecule is CCCCCCCCCCCCCCCCCCCCCCC(O)C(CS(=O)(=O)O)NC(=O)C(O)CCCCCCCCCCC. The summed E-state index contributed by atoms with van der Waals surface area (Å²) in [6, 6.07) is -1.14. The van der Waals surface area contributed by atoms with Crippen LogP contribution in [0.2, 0.25) is 0 Å². The normalized spacial score (nSPS) is 13.9. The number of carbonyl (C=O) groups is 1. The average molecular weight is 676 g/mol. The Morgan fingerprint density at radius 1 is 0.500 bits per heavy atom. The minimum Gasteiger partial charge on any atom is -0.391 e. The Morgan fingerprint density at radius 2 is 0.783 bits per heavy atom. The van der Waals surface area contributed by atoms with Gasteiger partial charge in [0.1, 0.15) is 6.10 Å². The van der Waals surface area contributed by atoms with Gasteiger partial charge in [-0.2, -0.15) is 8.42 Å². The highest BCUT2D eigenvalue weighted by Crippen LogP contribution is 2.17. The zero-order chi connectivity index (χ0) is 34.1. The molecular weight excluding hydrogens is 598 g/mol. The van der Waals surface area contributed by atoms with E-state index in [4.69, 9.17) is 0 Å². The second-order valence-electron chi connectivity index (χ2n) is 14.1. The first kappa shape index (κ1) is 45.3. The van der Waals surface area contributed by atoms with Gasteiger partial charge in [0.25, 0.3) is 10.1 Å². The summed E-state index contributed by atoms with van der Waals surface area (Å²) in [5, 5.41) is 23.4. The number of aliphatic hydroxyl groups excluding tert-OH is 2. The topological polar surface area (TPSA) is 124 Å². The van der Waals surface area contributed by atoms with Gasteiger partial charge in [0.05, 0.1) is 17.9 Å². The third-order valence-corrected chi connectivity index (χ3v) is 10.2. The van der Waals surface area contributed by atoms with Crippen molar-refractivity contribution in [2.75, 3.05) is 5.75 Å². The van der Waals surface area contributed by atoms with Gasteiger partial charge in [-0.05, 0) is 12.8 Å². The van der Waals surface area contributed by atoms with E-state index < -0.39 is 40.0 Å². The van der Waals surface area contributed by atoms with Crippen molar-refractivity contribution in [3.05, 3.63) is 0 Å². The van der Waals surface area contributed by atoms with E-state index in [0.717, 1.165) is 44.9 Å². The van der Waals surface area contributed by atoms with Crippen LogP contribution in [0.15, 0.2) is 0 Å². The molecule has 46 heavy (non-hydrogen) atoms. The van der Waals surface area contributed by atoms with Crippen molar-refractivity contribution in [2.45, 2.75) is 231 Å². The van der Waals surface area contributed by atoms with E-state index in [1.54, 1.807) is 0 Å². The molecule has 0 bridgehead atoms. The molecule has 0 aliphatic rings. The molecule has 8 heteroatoms. The molecule has 0 fully saturated rings. The number of carbonyl (C=O) groups excluding carboxylic acids is 1. The molecule has 0 spiro atoms. The van der Waals surface area contributed by atoms with E-state index in [1.807, 2.05) is 0 Å². The molecule has 4 N–H and O–H groups in total. The van der Waals surface area contributed by atoms with E-state index in [-0.39, 0.29) is 0 Å². The van der Waals surface area contributed by atoms with Crippen molar-refractivity contribution >= 4 is 16.0 Å². The smallest absolute Gasteiger partial charge is 0.266 e. The van der Waals surface area contributed by atoms with Gasteiger partial charge in [0.2, 0.25) is 5.91 Å². The Morgan fingerprint density at radius 3 is 1.09 bits per heavy atom. The van der Waals surface area contributed by atoms with Crippen LogP contribution in [-0.2, 0) is 14.9 Å². The number of hydrogen-bond acceptors (Lipinski definition) is 5. The molecule has 0 aliphatic heterocycles. The van der Waals surface area contributed by atoms with Crippen molar-refractivity contribution in [2.24, 2.45) is 0 Å². The first-order chi connectivity index (χ1) is 22.2. The molecule has 0 heterocycles. The van der Waals surface area contributed by atoms with Gasteiger partial charge in [0.15, 0.2) is 0 Å². The number of amides is 1. The van der Waals surface area contributed by atoms with Crippen molar-refractivity contribution in [3.63, 3.8) is 0 Å². The fraction of sp³-hybridized carbons (Fsp3) is 0.974. The van der Waals surface area contributed by atoms with Crippen LogP contribution in [0.5, 0.6) is 0 Å². The number of unbranched alkanes of at least 4 members (excludes halogenated alkanes) is 27. The molecule has 0 aromatic rings. The zero-order valence-corrected chi connectivity index (χ0v) is 31.2. The van der Waals surface area contributed by atoms with E-state index in [1.165, 1.54) is 135 Å². The molecule has 0 aliphatic carbocycles. The van der Waals surface area contributed by atoms with Crippen molar-refractivity contribution < 1.29 is 28.0 Å². The van der Waals surface area contributed by atoms with Crippen molar-refractivity contribution in [3.8, 4) is 0 Å². The van der Waals surface area contributed by atoms with Crippen molar-refractivity contribution in [1.29, 1.82) is 0 Å². The van der Waals surface area contributed by atoms with E-state index >= 15 is 0 Å². The molecule has 276 valence electrons. The first-order valence-corrected chi connectivity index (χ1v) is 21.4. The standard InChI is InChI=1S/C38H77NO6S/c1-3-5-7-9-11-13-14-15-16-17-18-19-20-21-22-23-25-26-28-30-32-36(40)35(34-46(43,44)45)39-38(42)37(41)33-31-29-27-24-12-10-8-6-4-2/h35-37,40-41H,3-34H2,1-2H3,(H,39,42)(H,43,44,45). The van der Waals surface area contributed by atoms with E-state index in [0.29, 0.717) is 19.3 Å². The number of aliphatic hydroxyl groups is 2. The summed E-state index contributed by atoms with van der Waals surface area (Å²) in [4.78, 5) is 12.5. The first-order valence-electron chi connectivity index (χ1n) is 19.8. The predicted octanol–water partition coefficient (Wildman–Crippen LogP) is 10.2. The third kappa shape index (κ3) is 31.9. The Bertz CT molecular complexity index is 762. The molecule has 0 saturated heterocycles. The molecule has 0 radical (unpaired) electrons. The molecule has 1 amide bonds. The lowest BCUT2D eigenvalue weighted by atomic mass is 10.0. The minimum atomic E-state index is -4.40. The van der Waals surface area contributed by atoms with Gasteiger partial charge >= 0.3 is 0 Å². The Labute approximate surface area is 285 Å². The number of nitrogens with one attached hydrogen (secondary N) is 1. The molecule has 3 atom stereocenters. The Hall–Kier alpha value is -0.700. The highest BCUT2D eigenvalue weighted by atomic mass is 32.2. The lowest BCUT2D eigenvalue weighted by Gasteiger charge is -2.24. The summed E-state index contributed by atoms with van der Waals surface area (Å²) in [6.45, 7) is 4.48. The Kier molecular flexibility index (Phi) is 32.3. The average Bonchev–Trinajstić information content (AvgIpc) is 3.01. The molecule has 0 aromatic carbocycles. The van der Waals surface area contributed by atoms with Gasteiger partial charge in [-0.1, -0.05) is 200 Å². The minimum absolute atomic E-state index is 0.301. The van der Waals surface area contributed by atoms with Gasteiger partial charge in [-0.15, -0.1) is 0 Å². The van der Waals surface area contributed by atoms with Crippen LogP contribution in [0, 0.1) is 0 Å². The fourth-order valence-corrected chi connectivity index (χ4v) is 7.10. The maximum atomic E-state index is 12.5. The highest BCUT2D eigenvalue weighted by molar-refractivity contribution is 7.85. The van der Waals surface area contributed by atoms with Crippen LogP contribution in [0.25, 0.3) is 0 Å². The molecule has 0 rings (SSSR count).